The van der Waals surface area contributed by atoms with Gasteiger partial charge in [-0.2, -0.15) is 0 Å². The van der Waals surface area contributed by atoms with E-state index >= 15 is 0 Å². The molecular formula is C17H23BrN2O. The average Bonchev–Trinajstić information content (AvgIpc) is 2.97. The van der Waals surface area contributed by atoms with Crippen molar-refractivity contribution in [3.63, 3.8) is 0 Å². The van der Waals surface area contributed by atoms with Gasteiger partial charge in [-0.25, -0.2) is 0 Å². The highest BCUT2D eigenvalue weighted by atomic mass is 79.9. The zero-order valence-corrected chi connectivity index (χ0v) is 14.5. The fraction of sp³-hybridized carbons (Fsp3) is 0.412. The summed E-state index contributed by atoms with van der Waals surface area (Å²) in [5.74, 6) is 0.973. The lowest BCUT2D eigenvalue weighted by Crippen LogP contribution is -2.24. The number of anilines is 1. The van der Waals surface area contributed by atoms with Gasteiger partial charge in [-0.15, -0.1) is 0 Å². The Morgan fingerprint density at radius 1 is 1.33 bits per heavy atom. The second kappa shape index (κ2) is 7.66. The zero-order chi connectivity index (χ0) is 15.2. The van der Waals surface area contributed by atoms with Gasteiger partial charge in [-0.05, 0) is 55.8 Å². The van der Waals surface area contributed by atoms with Crippen molar-refractivity contribution in [2.45, 2.75) is 32.9 Å². The Morgan fingerprint density at radius 3 is 2.81 bits per heavy atom. The predicted molar refractivity (Wildman–Crippen MR) is 91.7 cm³/mol. The third-order valence-corrected chi connectivity index (χ3v) is 4.03. The van der Waals surface area contributed by atoms with Crippen LogP contribution in [0.4, 0.5) is 5.69 Å². The van der Waals surface area contributed by atoms with E-state index in [1.54, 1.807) is 6.26 Å². The molecule has 4 heteroatoms. The second-order valence-corrected chi connectivity index (χ2v) is 6.23. The van der Waals surface area contributed by atoms with E-state index in [4.69, 9.17) is 4.42 Å². The molecule has 0 saturated heterocycles. The summed E-state index contributed by atoms with van der Waals surface area (Å²) >= 11 is 3.58. The lowest BCUT2D eigenvalue weighted by Gasteiger charge is -2.25. The molecule has 0 amide bonds. The van der Waals surface area contributed by atoms with Gasteiger partial charge in [0.25, 0.3) is 0 Å². The molecule has 1 N–H and O–H groups in total. The van der Waals surface area contributed by atoms with Crippen molar-refractivity contribution < 1.29 is 4.42 Å². The van der Waals surface area contributed by atoms with E-state index in [0.717, 1.165) is 29.7 Å². The molecule has 114 valence electrons. The summed E-state index contributed by atoms with van der Waals surface area (Å²) in [5.41, 5.74) is 2.53. The van der Waals surface area contributed by atoms with Crippen LogP contribution in [-0.4, -0.2) is 13.6 Å². The standard InChI is InChI=1S/C17H23BrN2O/c1-4-9-19-13(2)16-11-14(18)7-8-17(16)20(3)12-15-6-5-10-21-15/h5-8,10-11,13,19H,4,9,12H2,1-3H3. The van der Waals surface area contributed by atoms with Crippen LogP contribution in [0.15, 0.2) is 45.5 Å². The Kier molecular flexibility index (Phi) is 5.88. The molecule has 0 radical (unpaired) electrons. The molecule has 3 nitrogen and oxygen atoms in total. The van der Waals surface area contributed by atoms with Gasteiger partial charge in [0.15, 0.2) is 0 Å². The molecule has 1 aromatic carbocycles. The number of hydrogen-bond acceptors (Lipinski definition) is 3. The Balaban J connectivity index is 2.21. The summed E-state index contributed by atoms with van der Waals surface area (Å²) < 4.78 is 6.56. The van der Waals surface area contributed by atoms with Gasteiger partial charge >= 0.3 is 0 Å². The monoisotopic (exact) mass is 350 g/mol. The van der Waals surface area contributed by atoms with Crippen LogP contribution in [0.2, 0.25) is 0 Å². The van der Waals surface area contributed by atoms with Gasteiger partial charge in [0.1, 0.15) is 5.76 Å². The summed E-state index contributed by atoms with van der Waals surface area (Å²) in [6, 6.07) is 10.7. The fourth-order valence-corrected chi connectivity index (χ4v) is 2.79. The van der Waals surface area contributed by atoms with Crippen LogP contribution in [-0.2, 0) is 6.54 Å². The highest BCUT2D eigenvalue weighted by molar-refractivity contribution is 9.10. The molecule has 0 spiro atoms. The normalized spacial score (nSPS) is 12.4. The maximum absolute atomic E-state index is 5.45. The van der Waals surface area contributed by atoms with Crippen molar-refractivity contribution in [3.05, 3.63) is 52.4 Å². The van der Waals surface area contributed by atoms with Crippen LogP contribution < -0.4 is 10.2 Å². The molecule has 21 heavy (non-hydrogen) atoms. The molecule has 1 unspecified atom stereocenters. The highest BCUT2D eigenvalue weighted by Crippen LogP contribution is 2.30. The fourth-order valence-electron chi connectivity index (χ4n) is 2.41. The Morgan fingerprint density at radius 2 is 2.14 bits per heavy atom. The first-order valence-electron chi connectivity index (χ1n) is 7.38. The number of nitrogens with zero attached hydrogens (tertiary/aromatic N) is 1. The number of benzene rings is 1. The molecule has 0 aliphatic carbocycles. The van der Waals surface area contributed by atoms with Crippen LogP contribution >= 0.6 is 15.9 Å². The zero-order valence-electron chi connectivity index (χ0n) is 12.9. The summed E-state index contributed by atoms with van der Waals surface area (Å²) in [6.07, 6.45) is 2.85. The first-order chi connectivity index (χ1) is 10.1. The smallest absolute Gasteiger partial charge is 0.123 e. The number of hydrogen-bond donors (Lipinski definition) is 1. The van der Waals surface area contributed by atoms with Crippen molar-refractivity contribution in [2.75, 3.05) is 18.5 Å². The second-order valence-electron chi connectivity index (χ2n) is 5.31. The van der Waals surface area contributed by atoms with E-state index < -0.39 is 0 Å². The van der Waals surface area contributed by atoms with Gasteiger partial charge in [0.05, 0.1) is 12.8 Å². The van der Waals surface area contributed by atoms with Crippen LogP contribution in [0, 0.1) is 0 Å². The quantitative estimate of drug-likeness (QED) is 0.781. The first kappa shape index (κ1) is 16.1. The van der Waals surface area contributed by atoms with Crippen LogP contribution in [0.3, 0.4) is 0 Å². The van der Waals surface area contributed by atoms with Crippen molar-refractivity contribution in [1.29, 1.82) is 0 Å². The van der Waals surface area contributed by atoms with Crippen LogP contribution in [0.25, 0.3) is 0 Å². The largest absolute Gasteiger partial charge is 0.467 e. The average molecular weight is 351 g/mol. The Labute approximate surface area is 135 Å². The van der Waals surface area contributed by atoms with Crippen molar-refractivity contribution in [2.24, 2.45) is 0 Å². The summed E-state index contributed by atoms with van der Waals surface area (Å²) in [6.45, 7) is 6.18. The Hall–Kier alpha value is -1.26. The van der Waals surface area contributed by atoms with Gasteiger partial charge in [-0.3, -0.25) is 0 Å². The lowest BCUT2D eigenvalue weighted by molar-refractivity contribution is 0.506. The predicted octanol–water partition coefficient (Wildman–Crippen LogP) is 4.74. The van der Waals surface area contributed by atoms with Gasteiger partial charge in [0, 0.05) is 23.2 Å². The SMILES string of the molecule is CCCNC(C)c1cc(Br)ccc1N(C)Cc1ccco1. The van der Waals surface area contributed by atoms with Crippen molar-refractivity contribution in [3.8, 4) is 0 Å². The highest BCUT2D eigenvalue weighted by Gasteiger charge is 2.14. The number of furan rings is 1. The molecule has 1 atom stereocenters. The van der Waals surface area contributed by atoms with Crippen molar-refractivity contribution in [1.82, 2.24) is 5.32 Å². The number of rotatable bonds is 7. The molecule has 0 fully saturated rings. The van der Waals surface area contributed by atoms with Gasteiger partial charge in [0.2, 0.25) is 0 Å². The molecular weight excluding hydrogens is 328 g/mol. The topological polar surface area (TPSA) is 28.4 Å². The molecule has 1 aromatic heterocycles. The third kappa shape index (κ3) is 4.35. The summed E-state index contributed by atoms with van der Waals surface area (Å²) in [7, 11) is 2.10. The minimum Gasteiger partial charge on any atom is -0.467 e. The Bertz CT molecular complexity index is 554. The lowest BCUT2D eigenvalue weighted by atomic mass is 10.0. The van der Waals surface area contributed by atoms with E-state index in [2.05, 4.69) is 65.2 Å². The molecule has 0 aliphatic rings. The molecule has 0 aliphatic heterocycles. The van der Waals surface area contributed by atoms with Crippen LogP contribution in [0.5, 0.6) is 0 Å². The van der Waals surface area contributed by atoms with Gasteiger partial charge < -0.3 is 14.6 Å². The minimum atomic E-state index is 0.316. The molecule has 2 rings (SSSR count). The molecule has 1 heterocycles. The summed E-state index contributed by atoms with van der Waals surface area (Å²) in [4.78, 5) is 2.23. The van der Waals surface area contributed by atoms with E-state index in [9.17, 15) is 0 Å². The number of nitrogens with one attached hydrogen (secondary N) is 1. The summed E-state index contributed by atoms with van der Waals surface area (Å²) in [5, 5.41) is 3.56. The maximum atomic E-state index is 5.45. The van der Waals surface area contributed by atoms with E-state index in [-0.39, 0.29) is 0 Å². The van der Waals surface area contributed by atoms with Crippen LogP contribution in [0.1, 0.15) is 37.6 Å². The molecule has 0 bridgehead atoms. The number of halogens is 1. The van der Waals surface area contributed by atoms with Crippen molar-refractivity contribution >= 4 is 21.6 Å². The van der Waals surface area contributed by atoms with E-state index in [1.165, 1.54) is 11.3 Å². The third-order valence-electron chi connectivity index (χ3n) is 3.54. The maximum Gasteiger partial charge on any atom is 0.123 e. The first-order valence-corrected chi connectivity index (χ1v) is 8.17. The minimum absolute atomic E-state index is 0.316. The molecule has 0 saturated carbocycles. The van der Waals surface area contributed by atoms with Gasteiger partial charge in [-0.1, -0.05) is 22.9 Å². The van der Waals surface area contributed by atoms with E-state index in [0.29, 0.717) is 6.04 Å². The molecule has 2 aromatic rings. The van der Waals surface area contributed by atoms with E-state index in [1.807, 2.05) is 12.1 Å².